The Hall–Kier alpha value is -1.62. The van der Waals surface area contributed by atoms with Crippen LogP contribution in [0.3, 0.4) is 0 Å². The van der Waals surface area contributed by atoms with Crippen molar-refractivity contribution in [1.29, 1.82) is 5.41 Å². The Morgan fingerprint density at radius 2 is 2.42 bits per heavy atom. The zero-order valence-corrected chi connectivity index (χ0v) is 11.4. The summed E-state index contributed by atoms with van der Waals surface area (Å²) in [4.78, 5) is 6.65. The molecule has 0 radical (unpaired) electrons. The van der Waals surface area contributed by atoms with Crippen LogP contribution in [-0.4, -0.2) is 36.6 Å². The van der Waals surface area contributed by atoms with E-state index < -0.39 is 0 Å². The summed E-state index contributed by atoms with van der Waals surface area (Å²) in [5, 5.41) is 7.45. The van der Waals surface area contributed by atoms with E-state index in [9.17, 15) is 0 Å². The SMILES string of the molecule is CCCOC1CCCN(c2cccc(C(=N)N)n2)C1. The standard InChI is InChI=1S/C14H22N4O/c1-2-9-19-11-5-4-8-18(10-11)13-7-3-6-12(17-13)14(15)16/h3,6-7,11H,2,4-5,8-10H2,1H3,(H3,15,16). The number of piperidine rings is 1. The van der Waals surface area contributed by atoms with E-state index in [1.54, 1.807) is 6.07 Å². The highest BCUT2D eigenvalue weighted by molar-refractivity contribution is 5.93. The smallest absolute Gasteiger partial charge is 0.141 e. The summed E-state index contributed by atoms with van der Waals surface area (Å²) < 4.78 is 5.83. The first kappa shape index (κ1) is 13.8. The van der Waals surface area contributed by atoms with Crippen molar-refractivity contribution in [2.75, 3.05) is 24.6 Å². The van der Waals surface area contributed by atoms with Crippen molar-refractivity contribution in [2.45, 2.75) is 32.3 Å². The number of pyridine rings is 1. The van der Waals surface area contributed by atoms with Gasteiger partial charge in [-0.2, -0.15) is 0 Å². The molecule has 19 heavy (non-hydrogen) atoms. The first-order chi connectivity index (χ1) is 9.20. The molecule has 1 aromatic heterocycles. The summed E-state index contributed by atoms with van der Waals surface area (Å²) >= 11 is 0. The Bertz CT molecular complexity index is 435. The maximum absolute atomic E-state index is 7.45. The zero-order chi connectivity index (χ0) is 13.7. The van der Waals surface area contributed by atoms with E-state index in [1.807, 2.05) is 12.1 Å². The number of nitrogen functional groups attached to an aromatic ring is 1. The van der Waals surface area contributed by atoms with Crippen molar-refractivity contribution in [2.24, 2.45) is 5.73 Å². The van der Waals surface area contributed by atoms with Crippen molar-refractivity contribution in [3.05, 3.63) is 23.9 Å². The summed E-state index contributed by atoms with van der Waals surface area (Å²) in [6.07, 6.45) is 3.56. The van der Waals surface area contributed by atoms with Gasteiger partial charge in [-0.3, -0.25) is 5.41 Å². The molecule has 2 heterocycles. The van der Waals surface area contributed by atoms with Crippen molar-refractivity contribution < 1.29 is 4.74 Å². The second-order valence-electron chi connectivity index (χ2n) is 4.88. The van der Waals surface area contributed by atoms with Gasteiger partial charge >= 0.3 is 0 Å². The van der Waals surface area contributed by atoms with Crippen LogP contribution in [0.2, 0.25) is 0 Å². The Balaban J connectivity index is 2.04. The molecule has 1 unspecified atom stereocenters. The van der Waals surface area contributed by atoms with E-state index in [0.29, 0.717) is 5.69 Å². The van der Waals surface area contributed by atoms with Gasteiger partial charge in [0.25, 0.3) is 0 Å². The minimum atomic E-state index is 0.0117. The van der Waals surface area contributed by atoms with Crippen molar-refractivity contribution in [1.82, 2.24) is 4.98 Å². The van der Waals surface area contributed by atoms with Gasteiger partial charge in [-0.15, -0.1) is 0 Å². The van der Waals surface area contributed by atoms with Gasteiger partial charge in [-0.1, -0.05) is 13.0 Å². The lowest BCUT2D eigenvalue weighted by Crippen LogP contribution is -2.40. The molecule has 1 atom stereocenters. The van der Waals surface area contributed by atoms with E-state index in [0.717, 1.165) is 44.8 Å². The van der Waals surface area contributed by atoms with Crippen LogP contribution in [0.5, 0.6) is 0 Å². The quantitative estimate of drug-likeness (QED) is 0.626. The molecular formula is C14H22N4O. The lowest BCUT2D eigenvalue weighted by Gasteiger charge is -2.33. The monoisotopic (exact) mass is 262 g/mol. The largest absolute Gasteiger partial charge is 0.382 e. The number of anilines is 1. The predicted octanol–water partition coefficient (Wildman–Crippen LogP) is 1.76. The average molecular weight is 262 g/mol. The van der Waals surface area contributed by atoms with Gasteiger partial charge in [0, 0.05) is 19.7 Å². The predicted molar refractivity (Wildman–Crippen MR) is 76.7 cm³/mol. The van der Waals surface area contributed by atoms with Gasteiger partial charge in [-0.25, -0.2) is 4.98 Å². The minimum Gasteiger partial charge on any atom is -0.382 e. The Labute approximate surface area is 114 Å². The third-order valence-electron chi connectivity index (χ3n) is 3.27. The average Bonchev–Trinajstić information content (AvgIpc) is 2.45. The molecule has 1 saturated heterocycles. The third-order valence-corrected chi connectivity index (χ3v) is 3.27. The van der Waals surface area contributed by atoms with Crippen LogP contribution in [0.4, 0.5) is 5.82 Å². The molecule has 0 spiro atoms. The van der Waals surface area contributed by atoms with Crippen molar-refractivity contribution >= 4 is 11.7 Å². The summed E-state index contributed by atoms with van der Waals surface area (Å²) in [5.41, 5.74) is 6.02. The number of amidine groups is 1. The highest BCUT2D eigenvalue weighted by Gasteiger charge is 2.21. The molecule has 0 bridgehead atoms. The third kappa shape index (κ3) is 3.67. The molecule has 0 amide bonds. The highest BCUT2D eigenvalue weighted by Crippen LogP contribution is 2.19. The fraction of sp³-hybridized carbons (Fsp3) is 0.571. The number of aromatic nitrogens is 1. The Morgan fingerprint density at radius 1 is 1.58 bits per heavy atom. The molecule has 1 aromatic rings. The molecule has 2 rings (SSSR count). The molecule has 5 nitrogen and oxygen atoms in total. The fourth-order valence-corrected chi connectivity index (χ4v) is 2.32. The number of nitrogens with zero attached hydrogens (tertiary/aromatic N) is 2. The lowest BCUT2D eigenvalue weighted by molar-refractivity contribution is 0.0439. The minimum absolute atomic E-state index is 0.0117. The molecular weight excluding hydrogens is 240 g/mol. The maximum atomic E-state index is 7.45. The van der Waals surface area contributed by atoms with Crippen LogP contribution < -0.4 is 10.6 Å². The normalized spacial score (nSPS) is 19.4. The molecule has 3 N–H and O–H groups in total. The number of rotatable bonds is 5. The molecule has 0 aromatic carbocycles. The Morgan fingerprint density at radius 3 is 3.16 bits per heavy atom. The number of nitrogens with two attached hydrogens (primary N) is 1. The first-order valence-electron chi connectivity index (χ1n) is 6.88. The second-order valence-corrected chi connectivity index (χ2v) is 4.88. The van der Waals surface area contributed by atoms with Crippen LogP contribution in [0.15, 0.2) is 18.2 Å². The van der Waals surface area contributed by atoms with Crippen LogP contribution in [0.1, 0.15) is 31.9 Å². The molecule has 1 aliphatic heterocycles. The number of hydrogen-bond acceptors (Lipinski definition) is 4. The zero-order valence-electron chi connectivity index (χ0n) is 11.4. The van der Waals surface area contributed by atoms with E-state index >= 15 is 0 Å². The number of hydrogen-bond donors (Lipinski definition) is 2. The molecule has 104 valence electrons. The molecule has 0 aliphatic carbocycles. The Kier molecular flexibility index (Phi) is 4.74. The van der Waals surface area contributed by atoms with E-state index in [1.165, 1.54) is 0 Å². The molecule has 1 fully saturated rings. The molecule has 5 heteroatoms. The fourth-order valence-electron chi connectivity index (χ4n) is 2.32. The van der Waals surface area contributed by atoms with Crippen LogP contribution in [0.25, 0.3) is 0 Å². The maximum Gasteiger partial charge on any atom is 0.141 e. The summed E-state index contributed by atoms with van der Waals surface area (Å²) in [5.74, 6) is 0.898. The summed E-state index contributed by atoms with van der Waals surface area (Å²) in [6.45, 7) is 4.80. The second kappa shape index (κ2) is 6.52. The van der Waals surface area contributed by atoms with Gasteiger partial charge < -0.3 is 15.4 Å². The summed E-state index contributed by atoms with van der Waals surface area (Å²) in [7, 11) is 0. The summed E-state index contributed by atoms with van der Waals surface area (Å²) in [6, 6.07) is 5.63. The van der Waals surface area contributed by atoms with Crippen molar-refractivity contribution in [3.8, 4) is 0 Å². The van der Waals surface area contributed by atoms with Gasteiger partial charge in [0.2, 0.25) is 0 Å². The van der Waals surface area contributed by atoms with E-state index in [4.69, 9.17) is 15.9 Å². The highest BCUT2D eigenvalue weighted by atomic mass is 16.5. The molecule has 1 aliphatic rings. The lowest BCUT2D eigenvalue weighted by atomic mass is 10.1. The van der Waals surface area contributed by atoms with Crippen molar-refractivity contribution in [3.63, 3.8) is 0 Å². The van der Waals surface area contributed by atoms with Gasteiger partial charge in [0.1, 0.15) is 17.3 Å². The van der Waals surface area contributed by atoms with E-state index in [2.05, 4.69) is 16.8 Å². The van der Waals surface area contributed by atoms with E-state index in [-0.39, 0.29) is 11.9 Å². The number of ether oxygens (including phenoxy) is 1. The first-order valence-corrected chi connectivity index (χ1v) is 6.88. The number of nitrogens with one attached hydrogen (secondary N) is 1. The van der Waals surface area contributed by atoms with Crippen LogP contribution >= 0.6 is 0 Å². The topological polar surface area (TPSA) is 75.2 Å². The van der Waals surface area contributed by atoms with Gasteiger partial charge in [0.15, 0.2) is 0 Å². The van der Waals surface area contributed by atoms with Gasteiger partial charge in [0.05, 0.1) is 6.10 Å². The van der Waals surface area contributed by atoms with Gasteiger partial charge in [-0.05, 0) is 31.4 Å². The molecule has 0 saturated carbocycles. The van der Waals surface area contributed by atoms with Crippen LogP contribution in [0, 0.1) is 5.41 Å². The van der Waals surface area contributed by atoms with Crippen LogP contribution in [-0.2, 0) is 4.74 Å².